The summed E-state index contributed by atoms with van der Waals surface area (Å²) in [5.41, 5.74) is 0.497. The molecule has 0 fully saturated rings. The van der Waals surface area contributed by atoms with Gasteiger partial charge in [-0.05, 0) is 42.5 Å². The van der Waals surface area contributed by atoms with E-state index in [0.717, 1.165) is 12.1 Å². The van der Waals surface area contributed by atoms with Crippen molar-refractivity contribution in [3.05, 3.63) is 48.0 Å². The van der Waals surface area contributed by atoms with Crippen LogP contribution in [0.5, 0.6) is 5.75 Å². The zero-order chi connectivity index (χ0) is 15.0. The molecule has 4 nitrogen and oxygen atoms in total. The largest absolute Gasteiger partial charge is 0.497 e. The van der Waals surface area contributed by atoms with Crippen molar-refractivity contribution in [2.24, 2.45) is 0 Å². The Balaban J connectivity index is 2.04. The lowest BCUT2D eigenvalue weighted by Gasteiger charge is -2.04. The Kier molecular flexibility index (Phi) is 3.04. The van der Waals surface area contributed by atoms with Crippen LogP contribution in [0.3, 0.4) is 0 Å². The van der Waals surface area contributed by atoms with Crippen LogP contribution in [0.4, 0.5) is 13.2 Å². The fourth-order valence-corrected chi connectivity index (χ4v) is 1.92. The normalized spacial score (nSPS) is 11.8. The highest BCUT2D eigenvalue weighted by Crippen LogP contribution is 2.30. The number of ether oxygens (including phenoxy) is 1. The SMILES string of the molecule is COc1ccc(-n2nc3ccc(C(F)(F)F)cc3n2)cc1. The molecule has 0 saturated heterocycles. The molecule has 1 heterocycles. The van der Waals surface area contributed by atoms with Gasteiger partial charge in [0.2, 0.25) is 0 Å². The second-order valence-electron chi connectivity index (χ2n) is 4.39. The summed E-state index contributed by atoms with van der Waals surface area (Å²) in [4.78, 5) is 1.30. The Bertz CT molecular complexity index is 778. The van der Waals surface area contributed by atoms with Gasteiger partial charge in [0.25, 0.3) is 0 Å². The van der Waals surface area contributed by atoms with Crippen molar-refractivity contribution in [3.8, 4) is 11.4 Å². The van der Waals surface area contributed by atoms with Gasteiger partial charge in [-0.25, -0.2) is 0 Å². The van der Waals surface area contributed by atoms with E-state index in [2.05, 4.69) is 10.2 Å². The minimum absolute atomic E-state index is 0.195. The maximum atomic E-state index is 12.7. The minimum Gasteiger partial charge on any atom is -0.497 e. The first kappa shape index (κ1) is 13.4. The number of methoxy groups -OCH3 is 1. The Morgan fingerprint density at radius 2 is 1.62 bits per heavy atom. The zero-order valence-electron chi connectivity index (χ0n) is 10.9. The monoisotopic (exact) mass is 293 g/mol. The van der Waals surface area contributed by atoms with E-state index >= 15 is 0 Å². The summed E-state index contributed by atoms with van der Waals surface area (Å²) in [5, 5.41) is 8.24. The van der Waals surface area contributed by atoms with Crippen molar-refractivity contribution in [1.29, 1.82) is 0 Å². The van der Waals surface area contributed by atoms with E-state index in [1.807, 2.05) is 0 Å². The molecule has 7 heteroatoms. The first-order valence-electron chi connectivity index (χ1n) is 6.06. The number of hydrogen-bond donors (Lipinski definition) is 0. The molecule has 0 atom stereocenters. The number of alkyl halides is 3. The number of rotatable bonds is 2. The van der Waals surface area contributed by atoms with Crippen molar-refractivity contribution in [2.75, 3.05) is 7.11 Å². The Labute approximate surface area is 117 Å². The third kappa shape index (κ3) is 2.54. The highest BCUT2D eigenvalue weighted by Gasteiger charge is 2.30. The summed E-state index contributed by atoms with van der Waals surface area (Å²) in [6.07, 6.45) is -4.39. The predicted molar refractivity (Wildman–Crippen MR) is 70.4 cm³/mol. The molecule has 0 aliphatic carbocycles. The van der Waals surface area contributed by atoms with Gasteiger partial charge < -0.3 is 4.74 Å². The van der Waals surface area contributed by atoms with Gasteiger partial charge in [0, 0.05) is 0 Å². The van der Waals surface area contributed by atoms with Gasteiger partial charge in [0.15, 0.2) is 0 Å². The Hall–Kier alpha value is -2.57. The van der Waals surface area contributed by atoms with Crippen LogP contribution in [0.15, 0.2) is 42.5 Å². The van der Waals surface area contributed by atoms with Crippen LogP contribution in [0, 0.1) is 0 Å². The molecule has 2 aromatic carbocycles. The number of aromatic nitrogens is 3. The second-order valence-corrected chi connectivity index (χ2v) is 4.39. The third-order valence-corrected chi connectivity index (χ3v) is 3.01. The molecule has 3 rings (SSSR count). The molecule has 0 radical (unpaired) electrons. The molecule has 0 unspecified atom stereocenters. The second kappa shape index (κ2) is 4.76. The molecular formula is C14H10F3N3O. The van der Waals surface area contributed by atoms with E-state index in [1.165, 1.54) is 10.9 Å². The van der Waals surface area contributed by atoms with Crippen LogP contribution >= 0.6 is 0 Å². The fourth-order valence-electron chi connectivity index (χ4n) is 1.92. The molecule has 108 valence electrons. The smallest absolute Gasteiger partial charge is 0.416 e. The van der Waals surface area contributed by atoms with Crippen LogP contribution in [-0.2, 0) is 6.18 Å². The van der Waals surface area contributed by atoms with Crippen molar-refractivity contribution in [3.63, 3.8) is 0 Å². The first-order valence-corrected chi connectivity index (χ1v) is 6.06. The van der Waals surface area contributed by atoms with Crippen LogP contribution in [0.25, 0.3) is 16.7 Å². The summed E-state index contributed by atoms with van der Waals surface area (Å²) in [6.45, 7) is 0. The van der Waals surface area contributed by atoms with E-state index in [-0.39, 0.29) is 5.52 Å². The average molecular weight is 293 g/mol. The summed E-state index contributed by atoms with van der Waals surface area (Å²) >= 11 is 0. The molecule has 0 aliphatic heterocycles. The molecule has 0 spiro atoms. The van der Waals surface area contributed by atoms with Gasteiger partial charge in [0.05, 0.1) is 18.4 Å². The maximum absolute atomic E-state index is 12.7. The fraction of sp³-hybridized carbons (Fsp3) is 0.143. The number of hydrogen-bond acceptors (Lipinski definition) is 3. The van der Waals surface area contributed by atoms with Gasteiger partial charge in [-0.15, -0.1) is 10.2 Å². The minimum atomic E-state index is -4.39. The van der Waals surface area contributed by atoms with Gasteiger partial charge in [-0.2, -0.15) is 18.0 Å². The van der Waals surface area contributed by atoms with E-state index in [9.17, 15) is 13.2 Å². The van der Waals surface area contributed by atoms with E-state index in [0.29, 0.717) is 17.0 Å². The van der Waals surface area contributed by atoms with Gasteiger partial charge in [-0.3, -0.25) is 0 Å². The Morgan fingerprint density at radius 1 is 0.952 bits per heavy atom. The molecule has 0 amide bonds. The molecule has 3 aromatic rings. The lowest BCUT2D eigenvalue weighted by atomic mass is 10.2. The standard InChI is InChI=1S/C14H10F3N3O/c1-21-11-5-3-10(4-6-11)20-18-12-7-2-9(14(15,16)17)8-13(12)19-20/h2-8H,1H3. The highest BCUT2D eigenvalue weighted by molar-refractivity contribution is 5.74. The number of halogens is 3. The predicted octanol–water partition coefficient (Wildman–Crippen LogP) is 3.45. The van der Waals surface area contributed by atoms with Crippen molar-refractivity contribution in [2.45, 2.75) is 6.18 Å². The van der Waals surface area contributed by atoms with Crippen molar-refractivity contribution >= 4 is 11.0 Å². The van der Waals surface area contributed by atoms with Crippen LogP contribution in [0.1, 0.15) is 5.56 Å². The topological polar surface area (TPSA) is 39.9 Å². The molecule has 0 N–H and O–H groups in total. The zero-order valence-corrected chi connectivity index (χ0v) is 10.9. The van der Waals surface area contributed by atoms with E-state index in [1.54, 1.807) is 31.4 Å². The Morgan fingerprint density at radius 3 is 2.24 bits per heavy atom. The summed E-state index contributed by atoms with van der Waals surface area (Å²) in [7, 11) is 1.55. The van der Waals surface area contributed by atoms with Crippen LogP contribution in [0.2, 0.25) is 0 Å². The van der Waals surface area contributed by atoms with E-state index in [4.69, 9.17) is 4.74 Å². The summed E-state index contributed by atoms with van der Waals surface area (Å²) < 4.78 is 43.0. The molecule has 21 heavy (non-hydrogen) atoms. The number of benzene rings is 2. The highest BCUT2D eigenvalue weighted by atomic mass is 19.4. The summed E-state index contributed by atoms with van der Waals surface area (Å²) in [5.74, 6) is 0.676. The molecule has 0 bridgehead atoms. The molecule has 1 aromatic heterocycles. The van der Waals surface area contributed by atoms with Crippen LogP contribution < -0.4 is 4.74 Å². The van der Waals surface area contributed by atoms with Gasteiger partial charge in [-0.1, -0.05) is 0 Å². The molecule has 0 saturated carbocycles. The lowest BCUT2D eigenvalue weighted by Crippen LogP contribution is -2.04. The average Bonchev–Trinajstić information content (AvgIpc) is 2.89. The van der Waals surface area contributed by atoms with Crippen molar-refractivity contribution < 1.29 is 17.9 Å². The molecule has 0 aliphatic rings. The third-order valence-electron chi connectivity index (χ3n) is 3.01. The summed E-state index contributed by atoms with van der Waals surface area (Å²) in [6, 6.07) is 10.2. The lowest BCUT2D eigenvalue weighted by molar-refractivity contribution is -0.137. The van der Waals surface area contributed by atoms with Crippen LogP contribution in [-0.4, -0.2) is 22.1 Å². The quantitative estimate of drug-likeness (QED) is 0.726. The van der Waals surface area contributed by atoms with E-state index < -0.39 is 11.7 Å². The number of nitrogens with zero attached hydrogens (tertiary/aromatic N) is 3. The van der Waals surface area contributed by atoms with Crippen molar-refractivity contribution in [1.82, 2.24) is 15.0 Å². The molecular weight excluding hydrogens is 283 g/mol. The van der Waals surface area contributed by atoms with Gasteiger partial charge in [0.1, 0.15) is 16.8 Å². The van der Waals surface area contributed by atoms with Gasteiger partial charge >= 0.3 is 6.18 Å². The maximum Gasteiger partial charge on any atom is 0.416 e. The number of fused-ring (bicyclic) bond motifs is 1. The first-order chi connectivity index (χ1) is 9.97.